The Bertz CT molecular complexity index is 1290. The van der Waals surface area contributed by atoms with E-state index in [1.807, 2.05) is 42.5 Å². The van der Waals surface area contributed by atoms with Crippen molar-refractivity contribution in [2.75, 3.05) is 18.5 Å². The van der Waals surface area contributed by atoms with E-state index >= 15 is 0 Å². The van der Waals surface area contributed by atoms with E-state index < -0.39 is 0 Å². The Hall–Kier alpha value is -3.52. The van der Waals surface area contributed by atoms with Crippen molar-refractivity contribution in [1.82, 2.24) is 15.6 Å². The number of anilines is 1. The molecule has 1 aromatic heterocycles. The number of nitrogens with zero attached hydrogens (tertiary/aromatic N) is 2. The zero-order chi connectivity index (χ0) is 24.5. The number of hydrogen-bond acceptors (Lipinski definition) is 6. The quantitative estimate of drug-likeness (QED) is 0.520. The minimum atomic E-state index is -0.236. The van der Waals surface area contributed by atoms with Gasteiger partial charge in [-0.05, 0) is 42.0 Å². The van der Waals surface area contributed by atoms with Gasteiger partial charge in [0.15, 0.2) is 10.8 Å². The third kappa shape index (κ3) is 4.58. The van der Waals surface area contributed by atoms with Gasteiger partial charge in [0.1, 0.15) is 4.88 Å². The van der Waals surface area contributed by atoms with Gasteiger partial charge in [0.2, 0.25) is 5.91 Å². The molecule has 7 nitrogen and oxygen atoms in total. The first-order valence-corrected chi connectivity index (χ1v) is 12.7. The van der Waals surface area contributed by atoms with E-state index in [2.05, 4.69) is 33.6 Å². The van der Waals surface area contributed by atoms with E-state index in [0.29, 0.717) is 16.3 Å². The summed E-state index contributed by atoms with van der Waals surface area (Å²) in [6.07, 6.45) is 3.66. The lowest BCUT2D eigenvalue weighted by molar-refractivity contribution is -0.123. The van der Waals surface area contributed by atoms with E-state index in [-0.39, 0.29) is 35.6 Å². The fraction of sp³-hybridized carbons (Fsp3) is 0.333. The Morgan fingerprint density at radius 1 is 0.914 bits per heavy atom. The lowest BCUT2D eigenvalue weighted by atomic mass is 9.83. The molecular formula is C27H28N4O3S. The molecule has 0 bridgehead atoms. The maximum Gasteiger partial charge on any atom is 0.263 e. The highest BCUT2D eigenvalue weighted by Gasteiger charge is 2.33. The lowest BCUT2D eigenvalue weighted by Gasteiger charge is -2.35. The number of fused-ring (bicyclic) bond motifs is 2. The van der Waals surface area contributed by atoms with Crippen molar-refractivity contribution < 1.29 is 14.4 Å². The van der Waals surface area contributed by atoms with Gasteiger partial charge in [0, 0.05) is 26.2 Å². The lowest BCUT2D eigenvalue weighted by Crippen LogP contribution is -2.40. The van der Waals surface area contributed by atoms with Crippen molar-refractivity contribution >= 4 is 34.6 Å². The van der Waals surface area contributed by atoms with Gasteiger partial charge >= 0.3 is 0 Å². The average molecular weight is 489 g/mol. The standard InChI is InChI=1S/C27H28N4O3S/c1-16(32)27-28-15-24(35-27)26(34)30-22-12-11-21(17-7-3-4-8-18(17)22)29-25(33)20-13-14-31(2)23-10-6-5-9-19(20)23/h3-10,15,20-22H,11-14H2,1-2H3,(H,29,33)(H,30,34). The van der Waals surface area contributed by atoms with Crippen LogP contribution >= 0.6 is 11.3 Å². The van der Waals surface area contributed by atoms with E-state index in [0.717, 1.165) is 53.1 Å². The Labute approximate surface area is 208 Å². The van der Waals surface area contributed by atoms with Crippen LogP contribution in [0.4, 0.5) is 5.69 Å². The second-order valence-corrected chi connectivity index (χ2v) is 10.2. The molecule has 2 N–H and O–H groups in total. The molecular weight excluding hydrogens is 460 g/mol. The summed E-state index contributed by atoms with van der Waals surface area (Å²) in [7, 11) is 2.06. The summed E-state index contributed by atoms with van der Waals surface area (Å²) in [5.74, 6) is -0.508. The summed E-state index contributed by atoms with van der Waals surface area (Å²) in [4.78, 5) is 44.5. The van der Waals surface area contributed by atoms with Crippen molar-refractivity contribution in [2.24, 2.45) is 0 Å². The van der Waals surface area contributed by atoms with Crippen LogP contribution < -0.4 is 15.5 Å². The third-order valence-corrected chi connectivity index (χ3v) is 8.03. The van der Waals surface area contributed by atoms with Gasteiger partial charge in [-0.2, -0.15) is 0 Å². The molecule has 0 saturated carbocycles. The predicted molar refractivity (Wildman–Crippen MR) is 136 cm³/mol. The largest absolute Gasteiger partial charge is 0.374 e. The molecule has 3 atom stereocenters. The maximum atomic E-state index is 13.4. The molecule has 2 heterocycles. The first-order valence-electron chi connectivity index (χ1n) is 11.9. The molecule has 0 spiro atoms. The fourth-order valence-electron chi connectivity index (χ4n) is 5.13. The topological polar surface area (TPSA) is 91.4 Å². The molecule has 2 aliphatic rings. The Morgan fingerprint density at radius 3 is 2.20 bits per heavy atom. The zero-order valence-electron chi connectivity index (χ0n) is 19.8. The Balaban J connectivity index is 1.32. The van der Waals surface area contributed by atoms with Crippen LogP contribution in [-0.4, -0.2) is 36.2 Å². The molecule has 0 fully saturated rings. The molecule has 180 valence electrons. The van der Waals surface area contributed by atoms with E-state index in [4.69, 9.17) is 0 Å². The van der Waals surface area contributed by atoms with Crippen LogP contribution in [0.1, 0.15) is 80.4 Å². The number of carbonyl (C=O) groups excluding carboxylic acids is 3. The number of Topliss-reactive ketones (excluding diaryl/α,β-unsaturated/α-hetero) is 1. The summed E-state index contributed by atoms with van der Waals surface area (Å²) in [5, 5.41) is 6.74. The highest BCUT2D eigenvalue weighted by Crippen LogP contribution is 2.39. The second-order valence-electron chi connectivity index (χ2n) is 9.20. The number of ketones is 1. The van der Waals surface area contributed by atoms with Crippen molar-refractivity contribution in [3.63, 3.8) is 0 Å². The van der Waals surface area contributed by atoms with Crippen molar-refractivity contribution in [1.29, 1.82) is 0 Å². The number of rotatable bonds is 5. The highest BCUT2D eigenvalue weighted by atomic mass is 32.1. The maximum absolute atomic E-state index is 13.4. The second kappa shape index (κ2) is 9.62. The van der Waals surface area contributed by atoms with Crippen LogP contribution in [0, 0.1) is 0 Å². The molecule has 5 rings (SSSR count). The van der Waals surface area contributed by atoms with Crippen LogP contribution in [0.3, 0.4) is 0 Å². The monoisotopic (exact) mass is 488 g/mol. The smallest absolute Gasteiger partial charge is 0.263 e. The van der Waals surface area contributed by atoms with Crippen molar-refractivity contribution in [3.05, 3.63) is 81.3 Å². The molecule has 0 saturated heterocycles. The number of benzene rings is 2. The molecule has 3 unspecified atom stereocenters. The minimum Gasteiger partial charge on any atom is -0.374 e. The molecule has 35 heavy (non-hydrogen) atoms. The number of carbonyl (C=O) groups is 3. The number of thiazole rings is 1. The first kappa shape index (κ1) is 23.2. The number of para-hydroxylation sites is 1. The van der Waals surface area contributed by atoms with Gasteiger partial charge in [-0.1, -0.05) is 42.5 Å². The van der Waals surface area contributed by atoms with Crippen LogP contribution in [0.2, 0.25) is 0 Å². The number of hydrogen-bond donors (Lipinski definition) is 2. The van der Waals surface area contributed by atoms with E-state index in [1.165, 1.54) is 13.1 Å². The Kier molecular flexibility index (Phi) is 6.38. The molecule has 3 aromatic rings. The van der Waals surface area contributed by atoms with Gasteiger partial charge in [-0.25, -0.2) is 4.98 Å². The van der Waals surface area contributed by atoms with Gasteiger partial charge < -0.3 is 15.5 Å². The first-order chi connectivity index (χ1) is 16.9. The number of aromatic nitrogens is 1. The van der Waals surface area contributed by atoms with Crippen molar-refractivity contribution in [3.8, 4) is 0 Å². The molecule has 8 heteroatoms. The van der Waals surface area contributed by atoms with E-state index in [9.17, 15) is 14.4 Å². The third-order valence-electron chi connectivity index (χ3n) is 6.94. The van der Waals surface area contributed by atoms with Crippen LogP contribution in [-0.2, 0) is 4.79 Å². The molecule has 1 aliphatic carbocycles. The summed E-state index contributed by atoms with van der Waals surface area (Å²) in [6.45, 7) is 2.28. The summed E-state index contributed by atoms with van der Waals surface area (Å²) in [5.41, 5.74) is 4.23. The van der Waals surface area contributed by atoms with Crippen LogP contribution in [0.15, 0.2) is 54.7 Å². The minimum absolute atomic E-state index is 0.0502. The molecule has 1 aliphatic heterocycles. The number of amides is 2. The summed E-state index contributed by atoms with van der Waals surface area (Å²) < 4.78 is 0. The average Bonchev–Trinajstić information content (AvgIpc) is 3.37. The van der Waals surface area contributed by atoms with Gasteiger partial charge in [0.05, 0.1) is 24.2 Å². The highest BCUT2D eigenvalue weighted by molar-refractivity contribution is 7.15. The SMILES string of the molecule is CC(=O)c1ncc(C(=O)NC2CCC(NC(=O)C3CCN(C)c4ccccc43)c3ccccc32)s1. The van der Waals surface area contributed by atoms with Gasteiger partial charge in [-0.3, -0.25) is 14.4 Å². The fourth-order valence-corrected chi connectivity index (χ4v) is 5.85. The van der Waals surface area contributed by atoms with Gasteiger partial charge in [0.25, 0.3) is 5.91 Å². The molecule has 2 amide bonds. The summed E-state index contributed by atoms with van der Waals surface area (Å²) in [6, 6.07) is 15.8. The molecule has 2 aromatic carbocycles. The van der Waals surface area contributed by atoms with Crippen LogP contribution in [0.5, 0.6) is 0 Å². The predicted octanol–water partition coefficient (Wildman–Crippen LogP) is 4.39. The molecule has 0 radical (unpaired) electrons. The van der Waals surface area contributed by atoms with Crippen molar-refractivity contribution in [2.45, 2.75) is 44.2 Å². The summed E-state index contributed by atoms with van der Waals surface area (Å²) >= 11 is 1.11. The van der Waals surface area contributed by atoms with Crippen LogP contribution in [0.25, 0.3) is 0 Å². The normalized spacial score (nSPS) is 21.0. The van der Waals surface area contributed by atoms with Gasteiger partial charge in [-0.15, -0.1) is 11.3 Å². The number of nitrogens with one attached hydrogen (secondary N) is 2. The van der Waals surface area contributed by atoms with E-state index in [1.54, 1.807) is 0 Å². The Morgan fingerprint density at radius 2 is 1.54 bits per heavy atom. The zero-order valence-corrected chi connectivity index (χ0v) is 20.6.